The fourth-order valence-corrected chi connectivity index (χ4v) is 5.78. The summed E-state index contributed by atoms with van der Waals surface area (Å²) in [5.74, 6) is 0.0872. The van der Waals surface area contributed by atoms with Crippen LogP contribution >= 0.6 is 38.6 Å². The summed E-state index contributed by atoms with van der Waals surface area (Å²) in [7, 11) is 0. The van der Waals surface area contributed by atoms with Gasteiger partial charge in [-0.05, 0) is 28.1 Å². The molecule has 0 aliphatic carbocycles. The van der Waals surface area contributed by atoms with Crippen LogP contribution in [0.5, 0.6) is 0 Å². The Morgan fingerprint density at radius 3 is 3.00 bits per heavy atom. The van der Waals surface area contributed by atoms with Crippen molar-refractivity contribution in [3.05, 3.63) is 55.9 Å². The predicted molar refractivity (Wildman–Crippen MR) is 111 cm³/mol. The fraction of sp³-hybridized carbons (Fsp3) is 0.278. The minimum absolute atomic E-state index is 0.0872. The van der Waals surface area contributed by atoms with Crippen LogP contribution in [0.1, 0.15) is 33.9 Å². The van der Waals surface area contributed by atoms with E-state index >= 15 is 0 Å². The number of hydrogen-bond donors (Lipinski definition) is 1. The Morgan fingerprint density at radius 2 is 2.18 bits per heavy atom. The lowest BCUT2D eigenvalue weighted by Crippen LogP contribution is -2.40. The summed E-state index contributed by atoms with van der Waals surface area (Å²) >= 11 is 6.40. The number of thiazole rings is 1. The topological polar surface area (TPSA) is 87.7 Å². The molecule has 0 saturated carbocycles. The van der Waals surface area contributed by atoms with E-state index in [4.69, 9.17) is 4.98 Å². The van der Waals surface area contributed by atoms with Gasteiger partial charge in [0.25, 0.3) is 0 Å². The zero-order chi connectivity index (χ0) is 19.1. The van der Waals surface area contributed by atoms with Crippen molar-refractivity contribution in [3.63, 3.8) is 0 Å². The summed E-state index contributed by atoms with van der Waals surface area (Å²) in [4.78, 5) is 27.6. The molecule has 28 heavy (non-hydrogen) atoms. The number of halogens is 1. The van der Waals surface area contributed by atoms with Gasteiger partial charge in [-0.15, -0.1) is 21.5 Å². The van der Waals surface area contributed by atoms with Crippen LogP contribution in [0.15, 0.2) is 34.5 Å². The third-order valence-electron chi connectivity index (χ3n) is 4.78. The Kier molecular flexibility index (Phi) is 4.69. The number of carbonyl (C=O) groups excluding carboxylic acids is 1. The summed E-state index contributed by atoms with van der Waals surface area (Å²) in [5, 5.41) is 9.80. The van der Waals surface area contributed by atoms with E-state index in [9.17, 15) is 4.79 Å². The van der Waals surface area contributed by atoms with Gasteiger partial charge < -0.3 is 9.88 Å². The first-order valence-electron chi connectivity index (χ1n) is 8.84. The van der Waals surface area contributed by atoms with Gasteiger partial charge in [-0.2, -0.15) is 0 Å². The second-order valence-electron chi connectivity index (χ2n) is 6.47. The van der Waals surface area contributed by atoms with Crippen LogP contribution in [0.2, 0.25) is 0 Å². The molecule has 1 atom stereocenters. The molecule has 3 aromatic heterocycles. The number of hydrogen-bond acceptors (Lipinski definition) is 7. The Hall–Kier alpha value is -2.17. The summed E-state index contributed by atoms with van der Waals surface area (Å²) in [6.45, 7) is 0.647. The highest BCUT2D eigenvalue weighted by atomic mass is 79.9. The van der Waals surface area contributed by atoms with Crippen LogP contribution in [0.25, 0.3) is 10.2 Å². The molecule has 5 rings (SSSR count). The number of benzene rings is 1. The molecule has 0 radical (unpaired) electrons. The minimum atomic E-state index is -0.249. The second kappa shape index (κ2) is 7.34. The third kappa shape index (κ3) is 3.25. The minimum Gasteiger partial charge on any atom is -0.348 e. The number of aromatic amines is 1. The first kappa shape index (κ1) is 17.9. The second-order valence-corrected chi connectivity index (χ2v) is 9.87. The summed E-state index contributed by atoms with van der Waals surface area (Å²) in [6.07, 6.45) is 3.45. The van der Waals surface area contributed by atoms with Crippen molar-refractivity contribution in [2.45, 2.75) is 25.3 Å². The van der Waals surface area contributed by atoms with E-state index in [0.717, 1.165) is 42.0 Å². The van der Waals surface area contributed by atoms with Crippen LogP contribution < -0.4 is 0 Å². The van der Waals surface area contributed by atoms with Gasteiger partial charge in [0.15, 0.2) is 3.92 Å². The van der Waals surface area contributed by atoms with Crippen molar-refractivity contribution < 1.29 is 4.79 Å². The summed E-state index contributed by atoms with van der Waals surface area (Å²) in [6, 6.07) is 7.80. The predicted octanol–water partition coefficient (Wildman–Crippen LogP) is 3.74. The van der Waals surface area contributed by atoms with Gasteiger partial charge in [0.2, 0.25) is 5.91 Å². The molecule has 0 fully saturated rings. The van der Waals surface area contributed by atoms with Gasteiger partial charge in [-0.1, -0.05) is 23.5 Å². The fourth-order valence-electron chi connectivity index (χ4n) is 3.49. The summed E-state index contributed by atoms with van der Waals surface area (Å²) < 4.78 is 1.85. The van der Waals surface area contributed by atoms with E-state index in [1.54, 1.807) is 17.7 Å². The van der Waals surface area contributed by atoms with Gasteiger partial charge >= 0.3 is 0 Å². The average molecular weight is 475 g/mol. The molecule has 4 aromatic rings. The van der Waals surface area contributed by atoms with Gasteiger partial charge in [0.05, 0.1) is 22.2 Å². The number of nitrogens with one attached hydrogen (secondary N) is 1. The first-order chi connectivity index (χ1) is 13.7. The van der Waals surface area contributed by atoms with Crippen molar-refractivity contribution >= 4 is 54.7 Å². The molecule has 1 aromatic carbocycles. The smallest absolute Gasteiger partial charge is 0.223 e. The highest BCUT2D eigenvalue weighted by molar-refractivity contribution is 9.11. The number of para-hydroxylation sites is 1. The van der Waals surface area contributed by atoms with Crippen LogP contribution in [-0.4, -0.2) is 42.5 Å². The highest BCUT2D eigenvalue weighted by Gasteiger charge is 2.35. The number of H-pyrrole nitrogens is 1. The molecule has 0 bridgehead atoms. The van der Waals surface area contributed by atoms with Gasteiger partial charge in [-0.3, -0.25) is 4.79 Å². The van der Waals surface area contributed by atoms with E-state index in [1.807, 2.05) is 23.1 Å². The first-order valence-corrected chi connectivity index (χ1v) is 11.3. The third-order valence-corrected chi connectivity index (χ3v) is 7.29. The number of nitrogens with zero attached hydrogens (tertiary/aromatic N) is 5. The van der Waals surface area contributed by atoms with Gasteiger partial charge in [-0.25, -0.2) is 9.97 Å². The van der Waals surface area contributed by atoms with E-state index in [-0.39, 0.29) is 11.9 Å². The maximum absolute atomic E-state index is 13.1. The lowest BCUT2D eigenvalue weighted by Gasteiger charge is -2.33. The number of aromatic nitrogens is 5. The molecule has 7 nitrogen and oxygen atoms in total. The van der Waals surface area contributed by atoms with Crippen molar-refractivity contribution in [2.24, 2.45) is 0 Å². The number of imidazole rings is 1. The average Bonchev–Trinajstić information content (AvgIpc) is 3.43. The Morgan fingerprint density at radius 1 is 1.29 bits per heavy atom. The molecule has 10 heteroatoms. The number of aryl methyl sites for hydroxylation is 1. The zero-order valence-corrected chi connectivity index (χ0v) is 17.9. The molecule has 0 unspecified atom stereocenters. The van der Waals surface area contributed by atoms with Crippen LogP contribution in [0.3, 0.4) is 0 Å². The zero-order valence-electron chi connectivity index (χ0n) is 14.6. The Bertz CT molecular complexity index is 1120. The monoisotopic (exact) mass is 474 g/mol. The largest absolute Gasteiger partial charge is 0.348 e. The van der Waals surface area contributed by atoms with Gasteiger partial charge in [0, 0.05) is 31.5 Å². The Labute approximate surface area is 177 Å². The molecular weight excluding hydrogens is 460 g/mol. The lowest BCUT2D eigenvalue weighted by atomic mass is 10.0. The van der Waals surface area contributed by atoms with Crippen molar-refractivity contribution in [2.75, 3.05) is 6.54 Å². The molecule has 142 valence electrons. The van der Waals surface area contributed by atoms with E-state index in [2.05, 4.69) is 42.2 Å². The van der Waals surface area contributed by atoms with Crippen molar-refractivity contribution in [1.82, 2.24) is 30.0 Å². The quantitative estimate of drug-likeness (QED) is 0.486. The molecule has 4 heterocycles. The lowest BCUT2D eigenvalue weighted by molar-refractivity contribution is -0.133. The number of amides is 1. The molecule has 0 spiro atoms. The molecular formula is C18H15BrN6OS2. The van der Waals surface area contributed by atoms with E-state index in [1.165, 1.54) is 11.3 Å². The Balaban J connectivity index is 1.46. The number of fused-ring (bicyclic) bond motifs is 2. The normalized spacial score (nSPS) is 16.5. The van der Waals surface area contributed by atoms with Crippen LogP contribution in [0.4, 0.5) is 0 Å². The van der Waals surface area contributed by atoms with Crippen molar-refractivity contribution in [1.29, 1.82) is 0 Å². The molecule has 1 aliphatic heterocycles. The maximum atomic E-state index is 13.1. The molecule has 1 amide bonds. The van der Waals surface area contributed by atoms with E-state index in [0.29, 0.717) is 19.4 Å². The van der Waals surface area contributed by atoms with Gasteiger partial charge in [0.1, 0.15) is 16.1 Å². The molecule has 1 aliphatic rings. The number of carbonyl (C=O) groups is 1. The molecule has 0 saturated heterocycles. The highest BCUT2D eigenvalue weighted by Crippen LogP contribution is 2.37. The maximum Gasteiger partial charge on any atom is 0.223 e. The SMILES string of the molecule is O=C(CCc1nnc(Br)s1)N1CCc2[nH]cnc2[C@H]1c1nc2ccccc2s1. The van der Waals surface area contributed by atoms with Crippen LogP contribution in [-0.2, 0) is 17.6 Å². The van der Waals surface area contributed by atoms with Crippen LogP contribution in [0, 0.1) is 0 Å². The standard InChI is InChI=1S/C18H15BrN6OS2/c19-18-24-23-13(28-18)5-6-14(26)25-8-7-11-15(21-9-20-11)16(25)17-22-10-3-1-2-4-12(10)27-17/h1-4,9,16H,5-8H2,(H,20,21)/t16-/m0/s1. The molecule has 1 N–H and O–H groups in total. The van der Waals surface area contributed by atoms with E-state index < -0.39 is 0 Å². The summed E-state index contributed by atoms with van der Waals surface area (Å²) in [5.41, 5.74) is 2.94. The van der Waals surface area contributed by atoms with Crippen molar-refractivity contribution in [3.8, 4) is 0 Å². The number of rotatable bonds is 4.